The molecule has 0 atom stereocenters. The monoisotopic (exact) mass is 427 g/mol. The smallest absolute Gasteiger partial charge is 0.139 e. The molecule has 113 valence electrons. The second kappa shape index (κ2) is 8.24. The van der Waals surface area contributed by atoms with Crippen LogP contribution in [0.1, 0.15) is 11.1 Å². The summed E-state index contributed by atoms with van der Waals surface area (Å²) in [6.07, 6.45) is -0.0457. The number of rotatable bonds is 2. The zero-order chi connectivity index (χ0) is 15.9. The minimum absolute atomic E-state index is 0. The maximum atomic E-state index is 10.0. The second-order valence-electron chi connectivity index (χ2n) is 4.14. The Morgan fingerprint density at radius 3 is 1.27 bits per heavy atom. The topological polar surface area (TPSA) is 40.5 Å². The Morgan fingerprint density at radius 2 is 0.955 bits per heavy atom. The van der Waals surface area contributed by atoms with Crippen LogP contribution >= 0.6 is 69.6 Å². The molecule has 0 aliphatic heterocycles. The first kappa shape index (κ1) is 20.8. The Balaban J connectivity index is 0.00000242. The van der Waals surface area contributed by atoms with Gasteiger partial charge in [-0.25, -0.2) is 0 Å². The summed E-state index contributed by atoms with van der Waals surface area (Å²) >= 11 is 35.7. The van der Waals surface area contributed by atoms with E-state index in [4.69, 9.17) is 69.6 Å². The second-order valence-corrected chi connectivity index (χ2v) is 6.52. The number of benzene rings is 2. The molecule has 2 aromatic rings. The van der Waals surface area contributed by atoms with Crippen LogP contribution in [0, 0.1) is 0 Å². The molecule has 0 aliphatic rings. The fourth-order valence-corrected chi connectivity index (χ4v) is 3.20. The molecule has 0 aromatic heterocycles. The largest absolute Gasteiger partial charge is 0.506 e. The van der Waals surface area contributed by atoms with Crippen molar-refractivity contribution in [2.24, 2.45) is 0 Å². The molecule has 2 aromatic carbocycles. The van der Waals surface area contributed by atoms with Gasteiger partial charge in [0.1, 0.15) is 11.5 Å². The standard InChI is InChI=1S/C13H6Cl6O2.Na/c14-6-2-8(16)12(20)4(10(6)18)1-5-11(19)7(15)3-9(17)13(5)21;/h2-3,20-21H,1H2;. The Labute approximate surface area is 179 Å². The van der Waals surface area contributed by atoms with Gasteiger partial charge in [0.05, 0.1) is 30.1 Å². The van der Waals surface area contributed by atoms with Crippen molar-refractivity contribution in [1.82, 2.24) is 0 Å². The third kappa shape index (κ3) is 4.05. The van der Waals surface area contributed by atoms with Crippen LogP contribution in [-0.4, -0.2) is 39.8 Å². The van der Waals surface area contributed by atoms with Crippen LogP contribution in [0.3, 0.4) is 0 Å². The number of phenols is 2. The van der Waals surface area contributed by atoms with Crippen molar-refractivity contribution in [3.63, 3.8) is 0 Å². The van der Waals surface area contributed by atoms with Gasteiger partial charge in [0.2, 0.25) is 0 Å². The van der Waals surface area contributed by atoms with Crippen molar-refractivity contribution in [3.8, 4) is 11.5 Å². The average molecular weight is 430 g/mol. The molecule has 0 saturated carbocycles. The van der Waals surface area contributed by atoms with Crippen molar-refractivity contribution < 1.29 is 10.2 Å². The zero-order valence-corrected chi connectivity index (χ0v) is 17.6. The molecule has 0 unspecified atom stereocenters. The van der Waals surface area contributed by atoms with Gasteiger partial charge in [0.15, 0.2) is 0 Å². The van der Waals surface area contributed by atoms with Crippen molar-refractivity contribution in [2.45, 2.75) is 6.42 Å². The van der Waals surface area contributed by atoms with Gasteiger partial charge in [-0.3, -0.25) is 0 Å². The van der Waals surface area contributed by atoms with Crippen LogP contribution in [-0.2, 0) is 6.42 Å². The fraction of sp³-hybridized carbons (Fsp3) is 0.0769. The normalized spacial score (nSPS) is 10.5. The minimum Gasteiger partial charge on any atom is -0.506 e. The van der Waals surface area contributed by atoms with Gasteiger partial charge >= 0.3 is 0 Å². The zero-order valence-electron chi connectivity index (χ0n) is 11.0. The minimum atomic E-state index is -0.252. The number of hydrogen-bond acceptors (Lipinski definition) is 2. The Morgan fingerprint density at radius 1 is 0.636 bits per heavy atom. The van der Waals surface area contributed by atoms with E-state index in [2.05, 4.69) is 0 Å². The van der Waals surface area contributed by atoms with Gasteiger partial charge in [-0.1, -0.05) is 69.6 Å². The molecule has 0 amide bonds. The predicted octanol–water partition coefficient (Wildman–Crippen LogP) is 6.23. The summed E-state index contributed by atoms with van der Waals surface area (Å²) in [6.45, 7) is 0. The molecule has 2 N–H and O–H groups in total. The maximum Gasteiger partial charge on any atom is 0.139 e. The molecule has 0 aliphatic carbocycles. The SMILES string of the molecule is Oc1c(Cl)cc(Cl)c(Cl)c1Cc1c(O)c(Cl)cc(Cl)c1Cl.[Na]. The van der Waals surface area contributed by atoms with E-state index in [1.165, 1.54) is 12.1 Å². The van der Waals surface area contributed by atoms with Gasteiger partial charge in [0.25, 0.3) is 0 Å². The molecule has 2 rings (SSSR count). The Kier molecular flexibility index (Phi) is 7.80. The van der Waals surface area contributed by atoms with Crippen LogP contribution in [0.2, 0.25) is 30.1 Å². The Bertz CT molecular complexity index is 621. The summed E-state index contributed by atoms with van der Waals surface area (Å²) < 4.78 is 0. The third-order valence-electron chi connectivity index (χ3n) is 2.83. The molecule has 1 radical (unpaired) electrons. The summed E-state index contributed by atoms with van der Waals surface area (Å²) in [4.78, 5) is 0. The van der Waals surface area contributed by atoms with E-state index in [0.29, 0.717) is 0 Å². The van der Waals surface area contributed by atoms with E-state index in [9.17, 15) is 10.2 Å². The van der Waals surface area contributed by atoms with E-state index >= 15 is 0 Å². The molecular weight excluding hydrogens is 424 g/mol. The van der Waals surface area contributed by atoms with Crippen LogP contribution < -0.4 is 0 Å². The summed E-state index contributed by atoms with van der Waals surface area (Å²) in [7, 11) is 0. The van der Waals surface area contributed by atoms with Gasteiger partial charge < -0.3 is 10.2 Å². The van der Waals surface area contributed by atoms with Crippen molar-refractivity contribution in [2.75, 3.05) is 0 Å². The molecule has 9 heteroatoms. The summed E-state index contributed by atoms with van der Waals surface area (Å²) in [6, 6.07) is 2.63. The van der Waals surface area contributed by atoms with E-state index in [0.717, 1.165) is 0 Å². The van der Waals surface area contributed by atoms with Crippen LogP contribution in [0.5, 0.6) is 11.5 Å². The van der Waals surface area contributed by atoms with E-state index < -0.39 is 0 Å². The first-order valence-electron chi connectivity index (χ1n) is 5.44. The molecule has 0 spiro atoms. The van der Waals surface area contributed by atoms with Crippen LogP contribution in [0.4, 0.5) is 0 Å². The third-order valence-corrected chi connectivity index (χ3v) is 5.06. The van der Waals surface area contributed by atoms with Crippen LogP contribution in [0.15, 0.2) is 12.1 Å². The van der Waals surface area contributed by atoms with Crippen molar-refractivity contribution in [1.29, 1.82) is 0 Å². The first-order chi connectivity index (χ1) is 9.73. The Hall–Kier alpha value is 0.780. The molecule has 0 bridgehead atoms. The number of phenolic OH excluding ortho intramolecular Hbond substituents is 2. The van der Waals surface area contributed by atoms with Crippen molar-refractivity contribution in [3.05, 3.63) is 53.4 Å². The van der Waals surface area contributed by atoms with E-state index in [-0.39, 0.29) is 88.7 Å². The number of hydrogen-bond donors (Lipinski definition) is 2. The number of aromatic hydroxyl groups is 2. The molecule has 0 heterocycles. The fourth-order valence-electron chi connectivity index (χ4n) is 1.77. The quantitative estimate of drug-likeness (QED) is 0.439. The summed E-state index contributed by atoms with van der Waals surface area (Å²) in [5.74, 6) is -0.504. The van der Waals surface area contributed by atoms with Crippen LogP contribution in [0.25, 0.3) is 0 Å². The van der Waals surface area contributed by atoms with Gasteiger partial charge in [-0.15, -0.1) is 0 Å². The predicted molar refractivity (Wildman–Crippen MR) is 94.8 cm³/mol. The summed E-state index contributed by atoms with van der Waals surface area (Å²) in [5.41, 5.74) is 0.425. The van der Waals surface area contributed by atoms with Gasteiger partial charge in [0, 0.05) is 47.1 Å². The van der Waals surface area contributed by atoms with Crippen molar-refractivity contribution >= 4 is 99.2 Å². The number of halogens is 6. The maximum absolute atomic E-state index is 10.0. The molecule has 0 saturated heterocycles. The molecule has 0 fully saturated rings. The molecule has 22 heavy (non-hydrogen) atoms. The molecule has 2 nitrogen and oxygen atoms in total. The van der Waals surface area contributed by atoms with E-state index in [1.54, 1.807) is 0 Å². The average Bonchev–Trinajstić information content (AvgIpc) is 2.42. The van der Waals surface area contributed by atoms with Gasteiger partial charge in [-0.2, -0.15) is 0 Å². The molecular formula is C13H6Cl6NaO2. The first-order valence-corrected chi connectivity index (χ1v) is 7.71. The van der Waals surface area contributed by atoms with E-state index in [1.807, 2.05) is 0 Å². The summed E-state index contributed by atoms with van der Waals surface area (Å²) in [5, 5.41) is 20.6. The van der Waals surface area contributed by atoms with Gasteiger partial charge in [-0.05, 0) is 12.1 Å².